The van der Waals surface area contributed by atoms with Crippen molar-refractivity contribution in [3.8, 4) is 0 Å². The SMILES string of the molecule is [2H]c1cccc2c(=O)[nH]ccc12. The Morgan fingerprint density at radius 3 is 3.09 bits per heavy atom. The van der Waals surface area contributed by atoms with Gasteiger partial charge in [0.05, 0.1) is 1.37 Å². The Hall–Kier alpha value is -1.57. The maximum Gasteiger partial charge on any atom is 0.255 e. The normalized spacial score (nSPS) is 11.5. The van der Waals surface area contributed by atoms with Crippen molar-refractivity contribution in [1.82, 2.24) is 4.98 Å². The topological polar surface area (TPSA) is 32.9 Å². The molecule has 0 fully saturated rings. The highest BCUT2D eigenvalue weighted by molar-refractivity contribution is 5.80. The molecule has 1 aromatic heterocycles. The van der Waals surface area contributed by atoms with Crippen molar-refractivity contribution in [2.75, 3.05) is 0 Å². The molecule has 0 bridgehead atoms. The summed E-state index contributed by atoms with van der Waals surface area (Å²) in [6, 6.07) is 7.21. The van der Waals surface area contributed by atoms with E-state index in [1.165, 1.54) is 0 Å². The predicted octanol–water partition coefficient (Wildman–Crippen LogP) is 1.53. The maximum atomic E-state index is 11.2. The van der Waals surface area contributed by atoms with E-state index in [1.807, 2.05) is 0 Å². The van der Waals surface area contributed by atoms with Crippen molar-refractivity contribution < 1.29 is 1.37 Å². The minimum atomic E-state index is -0.137. The molecular weight excluding hydrogens is 138 g/mol. The third-order valence-electron chi connectivity index (χ3n) is 1.60. The zero-order valence-electron chi connectivity index (χ0n) is 6.79. The van der Waals surface area contributed by atoms with Gasteiger partial charge < -0.3 is 4.98 Å². The molecule has 2 aromatic rings. The van der Waals surface area contributed by atoms with Crippen LogP contribution in [0, 0.1) is 0 Å². The van der Waals surface area contributed by atoms with E-state index in [0.29, 0.717) is 16.8 Å². The molecule has 0 amide bonds. The summed E-state index contributed by atoms with van der Waals surface area (Å²) in [5, 5.41) is 1.27. The Bertz CT molecular complexity index is 475. The van der Waals surface area contributed by atoms with E-state index in [-0.39, 0.29) is 5.56 Å². The highest BCUT2D eigenvalue weighted by atomic mass is 16.1. The van der Waals surface area contributed by atoms with E-state index >= 15 is 0 Å². The van der Waals surface area contributed by atoms with E-state index in [1.54, 1.807) is 30.5 Å². The zero-order valence-corrected chi connectivity index (χ0v) is 5.79. The molecule has 0 saturated carbocycles. The van der Waals surface area contributed by atoms with Crippen molar-refractivity contribution in [2.24, 2.45) is 0 Å². The van der Waals surface area contributed by atoms with Gasteiger partial charge in [-0.2, -0.15) is 0 Å². The molecule has 0 aliphatic carbocycles. The van der Waals surface area contributed by atoms with Gasteiger partial charge in [0.2, 0.25) is 0 Å². The molecule has 11 heavy (non-hydrogen) atoms. The summed E-state index contributed by atoms with van der Waals surface area (Å²) in [5.74, 6) is 0. The third kappa shape index (κ3) is 0.923. The van der Waals surface area contributed by atoms with Gasteiger partial charge in [0.25, 0.3) is 5.56 Å². The second-order valence-corrected chi connectivity index (χ2v) is 2.30. The first-order valence-corrected chi connectivity index (χ1v) is 3.36. The molecule has 0 unspecified atom stereocenters. The van der Waals surface area contributed by atoms with Gasteiger partial charge in [-0.05, 0) is 17.5 Å². The Morgan fingerprint density at radius 2 is 2.27 bits per heavy atom. The standard InChI is InChI=1S/C9H7NO/c11-9-8-4-2-1-3-7(8)5-6-10-9/h1-6H,(H,10,11)/i3D. The first kappa shape index (κ1) is 5.13. The monoisotopic (exact) mass is 146 g/mol. The van der Waals surface area contributed by atoms with Crippen LogP contribution in [0.15, 0.2) is 41.3 Å². The maximum absolute atomic E-state index is 11.2. The number of rotatable bonds is 0. The van der Waals surface area contributed by atoms with E-state index in [4.69, 9.17) is 1.37 Å². The van der Waals surface area contributed by atoms with Crippen molar-refractivity contribution in [1.29, 1.82) is 0 Å². The number of H-pyrrole nitrogens is 1. The number of nitrogens with one attached hydrogen (secondary N) is 1. The van der Waals surface area contributed by atoms with Crippen molar-refractivity contribution in [3.63, 3.8) is 0 Å². The number of hydrogen-bond donors (Lipinski definition) is 1. The van der Waals surface area contributed by atoms with Gasteiger partial charge in [0, 0.05) is 11.6 Å². The van der Waals surface area contributed by atoms with Gasteiger partial charge in [0.1, 0.15) is 0 Å². The average Bonchev–Trinajstić information content (AvgIpc) is 2.07. The molecule has 0 aliphatic rings. The Morgan fingerprint density at radius 1 is 1.36 bits per heavy atom. The van der Waals surface area contributed by atoms with Crippen LogP contribution < -0.4 is 5.56 Å². The molecule has 2 rings (SSSR count). The smallest absolute Gasteiger partial charge is 0.255 e. The number of hydrogen-bond acceptors (Lipinski definition) is 1. The highest BCUT2D eigenvalue weighted by Gasteiger charge is 1.92. The third-order valence-corrected chi connectivity index (χ3v) is 1.60. The second kappa shape index (κ2) is 2.23. The Balaban J connectivity index is 3.05. The predicted molar refractivity (Wildman–Crippen MR) is 44.6 cm³/mol. The minimum Gasteiger partial charge on any atom is -0.329 e. The fourth-order valence-corrected chi connectivity index (χ4v) is 1.06. The van der Waals surface area contributed by atoms with Crippen LogP contribution in [0.25, 0.3) is 10.8 Å². The van der Waals surface area contributed by atoms with Gasteiger partial charge in [-0.1, -0.05) is 18.2 Å². The highest BCUT2D eigenvalue weighted by Crippen LogP contribution is 2.05. The minimum absolute atomic E-state index is 0.137. The molecule has 1 heterocycles. The molecule has 1 aromatic carbocycles. The number of aromatic nitrogens is 1. The Kier molecular flexibility index (Phi) is 1.04. The fourth-order valence-electron chi connectivity index (χ4n) is 1.06. The number of aromatic amines is 1. The van der Waals surface area contributed by atoms with Crippen LogP contribution >= 0.6 is 0 Å². The molecule has 2 nitrogen and oxygen atoms in total. The van der Waals surface area contributed by atoms with Gasteiger partial charge in [-0.15, -0.1) is 0 Å². The van der Waals surface area contributed by atoms with E-state index in [0.717, 1.165) is 0 Å². The largest absolute Gasteiger partial charge is 0.329 e. The summed E-state index contributed by atoms with van der Waals surface area (Å²) in [5.41, 5.74) is -0.137. The lowest BCUT2D eigenvalue weighted by atomic mass is 10.2. The van der Waals surface area contributed by atoms with Crippen LogP contribution in [0.5, 0.6) is 0 Å². The molecule has 0 atom stereocenters. The summed E-state index contributed by atoms with van der Waals surface area (Å²) in [6.07, 6.45) is 1.56. The summed E-state index contributed by atoms with van der Waals surface area (Å²) in [6.45, 7) is 0. The molecule has 0 aliphatic heterocycles. The molecule has 0 saturated heterocycles. The summed E-state index contributed by atoms with van der Waals surface area (Å²) >= 11 is 0. The zero-order chi connectivity index (χ0) is 8.55. The summed E-state index contributed by atoms with van der Waals surface area (Å²) < 4.78 is 7.51. The summed E-state index contributed by atoms with van der Waals surface area (Å²) in [4.78, 5) is 13.8. The molecular formula is C9H7NO. The quantitative estimate of drug-likeness (QED) is 0.600. The lowest BCUT2D eigenvalue weighted by Gasteiger charge is -1.92. The van der Waals surface area contributed by atoms with Gasteiger partial charge in [-0.25, -0.2) is 0 Å². The van der Waals surface area contributed by atoms with Crippen LogP contribution in [0.3, 0.4) is 0 Å². The van der Waals surface area contributed by atoms with Crippen LogP contribution in [0.4, 0.5) is 0 Å². The lowest BCUT2D eigenvalue weighted by Crippen LogP contribution is -2.03. The number of fused-ring (bicyclic) bond motifs is 1. The first-order chi connectivity index (χ1) is 5.79. The van der Waals surface area contributed by atoms with E-state index in [9.17, 15) is 4.79 Å². The van der Waals surface area contributed by atoms with Crippen LogP contribution in [0.1, 0.15) is 1.37 Å². The lowest BCUT2D eigenvalue weighted by molar-refractivity contribution is 1.28. The number of benzene rings is 1. The van der Waals surface area contributed by atoms with Crippen molar-refractivity contribution in [3.05, 3.63) is 46.9 Å². The number of pyridine rings is 1. The van der Waals surface area contributed by atoms with E-state index in [2.05, 4.69) is 4.98 Å². The van der Waals surface area contributed by atoms with Crippen molar-refractivity contribution >= 4 is 10.8 Å². The molecule has 1 N–H and O–H groups in total. The fraction of sp³-hybridized carbons (Fsp3) is 0. The first-order valence-electron chi connectivity index (χ1n) is 3.86. The molecule has 2 heteroatoms. The van der Waals surface area contributed by atoms with Crippen LogP contribution in [-0.2, 0) is 0 Å². The van der Waals surface area contributed by atoms with Crippen molar-refractivity contribution in [2.45, 2.75) is 0 Å². The Labute approximate surface area is 64.9 Å². The molecule has 0 spiro atoms. The van der Waals surface area contributed by atoms with Crippen LogP contribution in [-0.4, -0.2) is 4.98 Å². The average molecular weight is 146 g/mol. The molecule has 54 valence electrons. The van der Waals surface area contributed by atoms with Crippen LogP contribution in [0.2, 0.25) is 0 Å². The molecule has 0 radical (unpaired) electrons. The van der Waals surface area contributed by atoms with E-state index < -0.39 is 0 Å². The second-order valence-electron chi connectivity index (χ2n) is 2.30. The van der Waals surface area contributed by atoms with Gasteiger partial charge in [0.15, 0.2) is 0 Å². The summed E-state index contributed by atoms with van der Waals surface area (Å²) in [7, 11) is 0. The van der Waals surface area contributed by atoms with Gasteiger partial charge >= 0.3 is 0 Å². The van der Waals surface area contributed by atoms with Gasteiger partial charge in [-0.3, -0.25) is 4.79 Å².